The fraction of sp³-hybridized carbons (Fsp3) is 0.867. The summed E-state index contributed by atoms with van der Waals surface area (Å²) in [5.74, 6) is 0. The first-order valence-electron chi connectivity index (χ1n) is 7.66. The van der Waals surface area contributed by atoms with Crippen molar-refractivity contribution in [3.63, 3.8) is 0 Å². The zero-order chi connectivity index (χ0) is 14.6. The second-order valence-electron chi connectivity index (χ2n) is 4.85. The molecule has 0 heterocycles. The summed E-state index contributed by atoms with van der Waals surface area (Å²) in [6.45, 7) is 14.1. The Kier molecular flexibility index (Phi) is 11.5. The summed E-state index contributed by atoms with van der Waals surface area (Å²) in [5, 5.41) is 0. The van der Waals surface area contributed by atoms with Crippen molar-refractivity contribution < 1.29 is 13.3 Å². The van der Waals surface area contributed by atoms with Gasteiger partial charge in [-0.25, -0.2) is 0 Å². The molecule has 0 saturated heterocycles. The molecular formula is C15H32O3Si. The van der Waals surface area contributed by atoms with Crippen molar-refractivity contribution in [1.29, 1.82) is 0 Å². The van der Waals surface area contributed by atoms with Crippen molar-refractivity contribution in [2.75, 3.05) is 19.8 Å². The average molecular weight is 289 g/mol. The van der Waals surface area contributed by atoms with E-state index < -0.39 is 8.80 Å². The summed E-state index contributed by atoms with van der Waals surface area (Å²) in [7, 11) is -2.40. The highest BCUT2D eigenvalue weighted by Crippen LogP contribution is 2.20. The standard InChI is InChI=1S/C15H32O3Si/c1-6-16-19(17-7-2,18-8-3)14-12-10-9-11-13-15(4)5/h4,6-14H2,1-3,5H3. The van der Waals surface area contributed by atoms with Crippen LogP contribution in [0.5, 0.6) is 0 Å². The van der Waals surface area contributed by atoms with Crippen molar-refractivity contribution in [2.45, 2.75) is 65.8 Å². The van der Waals surface area contributed by atoms with Gasteiger partial charge in [-0.15, -0.1) is 6.58 Å². The van der Waals surface area contributed by atoms with Crippen LogP contribution in [0.25, 0.3) is 0 Å². The molecule has 0 atom stereocenters. The van der Waals surface area contributed by atoms with Gasteiger partial charge in [0.2, 0.25) is 0 Å². The van der Waals surface area contributed by atoms with Crippen LogP contribution in [0, 0.1) is 0 Å². The number of hydrogen-bond donors (Lipinski definition) is 0. The predicted molar refractivity (Wildman–Crippen MR) is 83.3 cm³/mol. The SMILES string of the molecule is C=C(C)CCCCCC[Si](OCC)(OCC)OCC. The predicted octanol–water partition coefficient (Wildman–Crippen LogP) is 4.56. The lowest BCUT2D eigenvalue weighted by molar-refractivity contribution is 0.0706. The summed E-state index contributed by atoms with van der Waals surface area (Å²) in [6.07, 6.45) is 5.98. The molecule has 114 valence electrons. The molecule has 0 fully saturated rings. The Hall–Kier alpha value is -0.163. The van der Waals surface area contributed by atoms with Gasteiger partial charge in [0.15, 0.2) is 0 Å². The lowest BCUT2D eigenvalue weighted by Crippen LogP contribution is -2.45. The van der Waals surface area contributed by atoms with Crippen molar-refractivity contribution in [2.24, 2.45) is 0 Å². The quantitative estimate of drug-likeness (QED) is 0.282. The van der Waals surface area contributed by atoms with Gasteiger partial charge in [0.25, 0.3) is 0 Å². The third-order valence-electron chi connectivity index (χ3n) is 2.93. The lowest BCUT2D eigenvalue weighted by atomic mass is 10.1. The van der Waals surface area contributed by atoms with Gasteiger partial charge < -0.3 is 13.3 Å². The summed E-state index contributed by atoms with van der Waals surface area (Å²) < 4.78 is 17.5. The first kappa shape index (κ1) is 18.8. The van der Waals surface area contributed by atoms with Crippen LogP contribution in [0.3, 0.4) is 0 Å². The highest BCUT2D eigenvalue weighted by atomic mass is 28.4. The van der Waals surface area contributed by atoms with E-state index in [1.165, 1.54) is 24.8 Å². The van der Waals surface area contributed by atoms with Crippen LogP contribution < -0.4 is 0 Å². The molecule has 3 nitrogen and oxygen atoms in total. The van der Waals surface area contributed by atoms with Crippen LogP contribution in [0.2, 0.25) is 6.04 Å². The molecular weight excluding hydrogens is 256 g/mol. The Labute approximate surface area is 120 Å². The van der Waals surface area contributed by atoms with Gasteiger partial charge in [0.05, 0.1) is 0 Å². The van der Waals surface area contributed by atoms with Crippen LogP contribution in [-0.2, 0) is 13.3 Å². The van der Waals surface area contributed by atoms with Crippen molar-refractivity contribution in [3.05, 3.63) is 12.2 Å². The largest absolute Gasteiger partial charge is 0.500 e. The third kappa shape index (κ3) is 9.38. The second-order valence-corrected chi connectivity index (χ2v) is 7.59. The van der Waals surface area contributed by atoms with Gasteiger partial charge in [-0.3, -0.25) is 0 Å². The van der Waals surface area contributed by atoms with Gasteiger partial charge in [-0.1, -0.05) is 18.4 Å². The maximum absolute atomic E-state index is 5.84. The molecule has 0 aliphatic rings. The van der Waals surface area contributed by atoms with E-state index in [0.717, 1.165) is 18.9 Å². The third-order valence-corrected chi connectivity index (χ3v) is 6.08. The monoisotopic (exact) mass is 288 g/mol. The fourth-order valence-corrected chi connectivity index (χ4v) is 4.81. The van der Waals surface area contributed by atoms with Gasteiger partial charge >= 0.3 is 8.80 Å². The van der Waals surface area contributed by atoms with E-state index >= 15 is 0 Å². The molecule has 0 aromatic carbocycles. The minimum Gasteiger partial charge on any atom is -0.374 e. The van der Waals surface area contributed by atoms with Crippen molar-refractivity contribution >= 4 is 8.80 Å². The number of unbranched alkanes of at least 4 members (excludes halogenated alkanes) is 3. The normalized spacial score (nSPS) is 11.8. The van der Waals surface area contributed by atoms with E-state index in [1.54, 1.807) is 0 Å². The van der Waals surface area contributed by atoms with Crippen LogP contribution in [0.1, 0.15) is 59.8 Å². The van der Waals surface area contributed by atoms with Crippen LogP contribution in [0.15, 0.2) is 12.2 Å². The average Bonchev–Trinajstić information content (AvgIpc) is 2.34. The van der Waals surface area contributed by atoms with Crippen molar-refractivity contribution in [3.8, 4) is 0 Å². The Morgan fingerprint density at radius 2 is 1.32 bits per heavy atom. The summed E-state index contributed by atoms with van der Waals surface area (Å²) in [6, 6.07) is 0.940. The van der Waals surface area contributed by atoms with Crippen LogP contribution >= 0.6 is 0 Å². The van der Waals surface area contributed by atoms with E-state index in [2.05, 4.69) is 13.5 Å². The maximum Gasteiger partial charge on any atom is 0.500 e. The van der Waals surface area contributed by atoms with Crippen LogP contribution in [-0.4, -0.2) is 28.6 Å². The highest BCUT2D eigenvalue weighted by Gasteiger charge is 2.39. The highest BCUT2D eigenvalue weighted by molar-refractivity contribution is 6.60. The summed E-state index contributed by atoms with van der Waals surface area (Å²) in [4.78, 5) is 0. The van der Waals surface area contributed by atoms with E-state index in [9.17, 15) is 0 Å². The summed E-state index contributed by atoms with van der Waals surface area (Å²) >= 11 is 0. The first-order chi connectivity index (χ1) is 9.10. The zero-order valence-electron chi connectivity index (χ0n) is 13.3. The Balaban J connectivity index is 3.99. The van der Waals surface area contributed by atoms with Gasteiger partial charge in [-0.05, 0) is 47.0 Å². The molecule has 0 aromatic heterocycles. The molecule has 0 unspecified atom stereocenters. The molecule has 0 aliphatic carbocycles. The molecule has 0 bridgehead atoms. The molecule has 4 heteroatoms. The Bertz CT molecular complexity index is 214. The molecule has 0 aromatic rings. The topological polar surface area (TPSA) is 27.7 Å². The smallest absolute Gasteiger partial charge is 0.374 e. The molecule has 0 spiro atoms. The van der Waals surface area contributed by atoms with Gasteiger partial charge in [0.1, 0.15) is 0 Å². The second kappa shape index (κ2) is 11.6. The molecule has 0 saturated carbocycles. The number of rotatable bonds is 13. The van der Waals surface area contributed by atoms with Crippen molar-refractivity contribution in [1.82, 2.24) is 0 Å². The van der Waals surface area contributed by atoms with E-state index in [0.29, 0.717) is 19.8 Å². The zero-order valence-corrected chi connectivity index (χ0v) is 14.3. The van der Waals surface area contributed by atoms with Gasteiger partial charge in [-0.2, -0.15) is 0 Å². The minimum absolute atomic E-state index is 0.669. The fourth-order valence-electron chi connectivity index (χ4n) is 2.12. The maximum atomic E-state index is 5.84. The molecule has 0 rings (SSSR count). The van der Waals surface area contributed by atoms with E-state index in [1.807, 2.05) is 20.8 Å². The first-order valence-corrected chi connectivity index (χ1v) is 9.59. The van der Waals surface area contributed by atoms with Crippen LogP contribution in [0.4, 0.5) is 0 Å². The molecule has 0 amide bonds. The Morgan fingerprint density at radius 3 is 1.74 bits per heavy atom. The molecule has 0 aliphatic heterocycles. The molecule has 0 N–H and O–H groups in total. The van der Waals surface area contributed by atoms with Gasteiger partial charge in [0, 0.05) is 25.9 Å². The Morgan fingerprint density at radius 1 is 0.842 bits per heavy atom. The molecule has 0 radical (unpaired) electrons. The minimum atomic E-state index is -2.40. The van der Waals surface area contributed by atoms with E-state index in [-0.39, 0.29) is 0 Å². The number of allylic oxidation sites excluding steroid dienone is 1. The lowest BCUT2D eigenvalue weighted by Gasteiger charge is -2.28. The number of hydrogen-bond acceptors (Lipinski definition) is 3. The molecule has 19 heavy (non-hydrogen) atoms. The van der Waals surface area contributed by atoms with E-state index in [4.69, 9.17) is 13.3 Å². The summed E-state index contributed by atoms with van der Waals surface area (Å²) in [5.41, 5.74) is 1.28.